The fraction of sp³-hybridized carbons (Fsp3) is 0.462. The van der Waals surface area contributed by atoms with E-state index >= 15 is 0 Å². The number of aryl methyl sites for hydroxylation is 1. The van der Waals surface area contributed by atoms with Gasteiger partial charge in [0.1, 0.15) is 5.82 Å². The number of rotatable bonds is 2. The number of anilines is 1. The van der Waals surface area contributed by atoms with Crippen LogP contribution in [0.1, 0.15) is 36.5 Å². The summed E-state index contributed by atoms with van der Waals surface area (Å²) in [5.41, 5.74) is 7.62. The summed E-state index contributed by atoms with van der Waals surface area (Å²) in [5, 5.41) is 10.3. The SMILES string of the molecule is Cc1cnc(N)c(C(O)C2CC=CCC2)c1. The Labute approximate surface area is 96.0 Å². The highest BCUT2D eigenvalue weighted by Gasteiger charge is 2.23. The molecule has 3 N–H and O–H groups in total. The molecule has 2 rings (SSSR count). The van der Waals surface area contributed by atoms with Gasteiger partial charge in [-0.3, -0.25) is 0 Å². The van der Waals surface area contributed by atoms with Gasteiger partial charge < -0.3 is 10.8 Å². The number of nitrogen functional groups attached to an aromatic ring is 1. The molecule has 2 atom stereocenters. The largest absolute Gasteiger partial charge is 0.388 e. The van der Waals surface area contributed by atoms with E-state index in [-0.39, 0.29) is 5.92 Å². The summed E-state index contributed by atoms with van der Waals surface area (Å²) < 4.78 is 0. The van der Waals surface area contributed by atoms with Gasteiger partial charge >= 0.3 is 0 Å². The molecular weight excluding hydrogens is 200 g/mol. The quantitative estimate of drug-likeness (QED) is 0.749. The number of allylic oxidation sites excluding steroid dienone is 2. The van der Waals surface area contributed by atoms with Crippen molar-refractivity contribution in [3.63, 3.8) is 0 Å². The van der Waals surface area contributed by atoms with Crippen LogP contribution in [-0.2, 0) is 0 Å². The van der Waals surface area contributed by atoms with E-state index in [4.69, 9.17) is 5.73 Å². The molecule has 16 heavy (non-hydrogen) atoms. The van der Waals surface area contributed by atoms with Gasteiger partial charge in [0, 0.05) is 11.8 Å². The van der Waals surface area contributed by atoms with E-state index in [1.165, 1.54) is 0 Å². The van der Waals surface area contributed by atoms with Crippen molar-refractivity contribution in [1.29, 1.82) is 0 Å². The molecule has 3 nitrogen and oxygen atoms in total. The lowest BCUT2D eigenvalue weighted by molar-refractivity contribution is 0.103. The average molecular weight is 218 g/mol. The summed E-state index contributed by atoms with van der Waals surface area (Å²) in [6.45, 7) is 1.96. The fourth-order valence-corrected chi connectivity index (χ4v) is 2.20. The second kappa shape index (κ2) is 4.66. The fourth-order valence-electron chi connectivity index (χ4n) is 2.20. The normalized spacial score (nSPS) is 22.0. The summed E-state index contributed by atoms with van der Waals surface area (Å²) in [4.78, 5) is 4.09. The van der Waals surface area contributed by atoms with Crippen LogP contribution >= 0.6 is 0 Å². The van der Waals surface area contributed by atoms with Gasteiger partial charge in [-0.15, -0.1) is 0 Å². The highest BCUT2D eigenvalue weighted by Crippen LogP contribution is 2.33. The van der Waals surface area contributed by atoms with Crippen molar-refractivity contribution in [3.8, 4) is 0 Å². The van der Waals surface area contributed by atoms with E-state index in [9.17, 15) is 5.11 Å². The first kappa shape index (κ1) is 11.1. The lowest BCUT2D eigenvalue weighted by atomic mass is 9.86. The number of hydrogen-bond donors (Lipinski definition) is 2. The van der Waals surface area contributed by atoms with Crippen LogP contribution in [0.2, 0.25) is 0 Å². The Kier molecular flexibility index (Phi) is 3.25. The molecule has 0 radical (unpaired) electrons. The second-order valence-electron chi connectivity index (χ2n) is 4.48. The van der Waals surface area contributed by atoms with Crippen molar-refractivity contribution >= 4 is 5.82 Å². The molecule has 0 amide bonds. The summed E-state index contributed by atoms with van der Waals surface area (Å²) in [6, 6.07) is 1.94. The third kappa shape index (κ3) is 2.25. The number of aromatic nitrogens is 1. The molecule has 0 fully saturated rings. The Morgan fingerprint density at radius 1 is 1.50 bits per heavy atom. The molecule has 0 spiro atoms. The molecule has 2 unspecified atom stereocenters. The van der Waals surface area contributed by atoms with Crippen molar-refractivity contribution in [3.05, 3.63) is 35.5 Å². The number of nitrogens with two attached hydrogens (primary N) is 1. The smallest absolute Gasteiger partial charge is 0.129 e. The summed E-state index contributed by atoms with van der Waals surface area (Å²) >= 11 is 0. The summed E-state index contributed by atoms with van der Waals surface area (Å²) in [7, 11) is 0. The molecule has 1 aliphatic carbocycles. The van der Waals surface area contributed by atoms with Gasteiger partial charge in [0.05, 0.1) is 6.10 Å². The zero-order valence-electron chi connectivity index (χ0n) is 9.56. The van der Waals surface area contributed by atoms with Crippen molar-refractivity contribution < 1.29 is 5.11 Å². The second-order valence-corrected chi connectivity index (χ2v) is 4.48. The zero-order chi connectivity index (χ0) is 11.5. The van der Waals surface area contributed by atoms with Crippen LogP contribution in [-0.4, -0.2) is 10.1 Å². The predicted octanol–water partition coefficient (Wildman–Crippen LogP) is 2.36. The van der Waals surface area contributed by atoms with E-state index in [0.717, 1.165) is 30.4 Å². The molecule has 1 aliphatic rings. The van der Waals surface area contributed by atoms with Crippen LogP contribution in [0.15, 0.2) is 24.4 Å². The number of pyridine rings is 1. The maximum atomic E-state index is 10.3. The monoisotopic (exact) mass is 218 g/mol. The molecule has 3 heteroatoms. The van der Waals surface area contributed by atoms with Gasteiger partial charge in [-0.2, -0.15) is 0 Å². The molecule has 1 heterocycles. The molecule has 1 aromatic heterocycles. The van der Waals surface area contributed by atoms with Crippen LogP contribution in [0.4, 0.5) is 5.82 Å². The van der Waals surface area contributed by atoms with Crippen molar-refractivity contribution in [2.45, 2.75) is 32.3 Å². The Hall–Kier alpha value is -1.35. The minimum Gasteiger partial charge on any atom is -0.388 e. The molecule has 1 aromatic rings. The number of hydrogen-bond acceptors (Lipinski definition) is 3. The van der Waals surface area contributed by atoms with E-state index in [0.29, 0.717) is 5.82 Å². The maximum absolute atomic E-state index is 10.3. The highest BCUT2D eigenvalue weighted by molar-refractivity contribution is 5.42. The Balaban J connectivity index is 2.22. The first-order valence-electron chi connectivity index (χ1n) is 5.73. The van der Waals surface area contributed by atoms with Gasteiger partial charge in [0.2, 0.25) is 0 Å². The third-order valence-corrected chi connectivity index (χ3v) is 3.16. The summed E-state index contributed by atoms with van der Waals surface area (Å²) in [6.07, 6.45) is 8.53. The zero-order valence-corrected chi connectivity index (χ0v) is 9.56. The van der Waals surface area contributed by atoms with Gasteiger partial charge in [0.25, 0.3) is 0 Å². The van der Waals surface area contributed by atoms with Gasteiger partial charge in [-0.25, -0.2) is 4.98 Å². The van der Waals surface area contributed by atoms with E-state index in [2.05, 4.69) is 17.1 Å². The Morgan fingerprint density at radius 3 is 3.00 bits per heavy atom. The first-order chi connectivity index (χ1) is 7.68. The van der Waals surface area contributed by atoms with Crippen LogP contribution in [0.25, 0.3) is 0 Å². The topological polar surface area (TPSA) is 59.1 Å². The third-order valence-electron chi connectivity index (χ3n) is 3.16. The standard InChI is InChI=1S/C13H18N2O/c1-9-7-11(13(14)15-8-9)12(16)10-5-3-2-4-6-10/h2-3,7-8,10,12,16H,4-6H2,1H3,(H2,14,15). The van der Waals surface area contributed by atoms with E-state index < -0.39 is 6.10 Å². The molecule has 86 valence electrons. The highest BCUT2D eigenvalue weighted by atomic mass is 16.3. The van der Waals surface area contributed by atoms with Crippen molar-refractivity contribution in [2.24, 2.45) is 5.92 Å². The minimum absolute atomic E-state index is 0.274. The van der Waals surface area contributed by atoms with E-state index in [1.807, 2.05) is 13.0 Å². The molecule has 0 bridgehead atoms. The van der Waals surface area contributed by atoms with Gasteiger partial charge in [0.15, 0.2) is 0 Å². The van der Waals surface area contributed by atoms with Gasteiger partial charge in [-0.05, 0) is 43.7 Å². The molecule has 0 aliphatic heterocycles. The number of aliphatic hydroxyl groups is 1. The number of aliphatic hydroxyl groups excluding tert-OH is 1. The van der Waals surface area contributed by atoms with Gasteiger partial charge in [-0.1, -0.05) is 12.2 Å². The molecule has 0 aromatic carbocycles. The van der Waals surface area contributed by atoms with Crippen LogP contribution in [0.5, 0.6) is 0 Å². The Morgan fingerprint density at radius 2 is 2.31 bits per heavy atom. The summed E-state index contributed by atoms with van der Waals surface area (Å²) in [5.74, 6) is 0.726. The first-order valence-corrected chi connectivity index (χ1v) is 5.73. The van der Waals surface area contributed by atoms with Crippen LogP contribution in [0, 0.1) is 12.8 Å². The van der Waals surface area contributed by atoms with E-state index in [1.54, 1.807) is 6.20 Å². The lowest BCUT2D eigenvalue weighted by Crippen LogP contribution is -2.16. The number of nitrogens with zero attached hydrogens (tertiary/aromatic N) is 1. The van der Waals surface area contributed by atoms with Crippen molar-refractivity contribution in [1.82, 2.24) is 4.98 Å². The van der Waals surface area contributed by atoms with Crippen molar-refractivity contribution in [2.75, 3.05) is 5.73 Å². The average Bonchev–Trinajstić information content (AvgIpc) is 2.32. The Bertz CT molecular complexity index is 401. The molecule has 0 saturated heterocycles. The molecular formula is C13H18N2O. The predicted molar refractivity (Wildman–Crippen MR) is 64.8 cm³/mol. The lowest BCUT2D eigenvalue weighted by Gasteiger charge is -2.24. The minimum atomic E-state index is -0.489. The van der Waals surface area contributed by atoms with Crippen LogP contribution in [0.3, 0.4) is 0 Å². The molecule has 0 saturated carbocycles. The maximum Gasteiger partial charge on any atom is 0.129 e. The van der Waals surface area contributed by atoms with Crippen LogP contribution < -0.4 is 5.73 Å².